The second-order valence-electron chi connectivity index (χ2n) is 7.83. The maximum Gasteiger partial charge on any atom is 0.0235 e. The van der Waals surface area contributed by atoms with Gasteiger partial charge in [-0.3, -0.25) is 4.90 Å². The third kappa shape index (κ3) is 6.35. The van der Waals surface area contributed by atoms with Gasteiger partial charge in [0, 0.05) is 37.6 Å². The molecular weight excluding hydrogens is 294 g/mol. The van der Waals surface area contributed by atoms with Crippen molar-refractivity contribution in [1.29, 1.82) is 0 Å². The van der Waals surface area contributed by atoms with Crippen molar-refractivity contribution >= 4 is 11.6 Å². The molecule has 1 rings (SSSR count). The number of halogens is 1. The molecule has 0 unspecified atom stereocenters. The van der Waals surface area contributed by atoms with Crippen molar-refractivity contribution in [3.8, 4) is 0 Å². The Kier molecular flexibility index (Phi) is 9.30. The van der Waals surface area contributed by atoms with E-state index in [2.05, 4.69) is 37.5 Å². The average molecular weight is 332 g/mol. The van der Waals surface area contributed by atoms with E-state index >= 15 is 0 Å². The van der Waals surface area contributed by atoms with Crippen LogP contribution in [0.1, 0.15) is 53.4 Å². The quantitative estimate of drug-likeness (QED) is 0.623. The highest BCUT2D eigenvalue weighted by molar-refractivity contribution is 6.17. The van der Waals surface area contributed by atoms with Gasteiger partial charge in [0.1, 0.15) is 0 Å². The second-order valence-corrected chi connectivity index (χ2v) is 8.21. The molecule has 132 valence electrons. The lowest BCUT2D eigenvalue weighted by molar-refractivity contribution is 0.000928. The molecule has 0 saturated carbocycles. The molecule has 0 atom stereocenters. The lowest BCUT2D eigenvalue weighted by atomic mass is 9.77. The fourth-order valence-electron chi connectivity index (χ4n) is 4.22. The molecule has 0 aromatic rings. The van der Waals surface area contributed by atoms with E-state index in [0.717, 1.165) is 43.6 Å². The van der Waals surface area contributed by atoms with Crippen LogP contribution in [0.25, 0.3) is 0 Å². The van der Waals surface area contributed by atoms with Gasteiger partial charge < -0.3 is 10.6 Å². The summed E-state index contributed by atoms with van der Waals surface area (Å²) in [6, 6.07) is 0. The fourth-order valence-corrected chi connectivity index (χ4v) is 4.34. The van der Waals surface area contributed by atoms with Crippen molar-refractivity contribution in [2.24, 2.45) is 17.6 Å². The van der Waals surface area contributed by atoms with Crippen LogP contribution in [0.3, 0.4) is 0 Å². The van der Waals surface area contributed by atoms with Gasteiger partial charge in [0.05, 0.1) is 0 Å². The van der Waals surface area contributed by atoms with Gasteiger partial charge in [-0.05, 0) is 50.6 Å². The molecule has 0 amide bonds. The highest BCUT2D eigenvalue weighted by atomic mass is 35.5. The largest absolute Gasteiger partial charge is 0.330 e. The summed E-state index contributed by atoms with van der Waals surface area (Å²) in [5.41, 5.74) is 6.32. The molecule has 0 bridgehead atoms. The minimum Gasteiger partial charge on any atom is -0.330 e. The molecule has 1 heterocycles. The van der Waals surface area contributed by atoms with Gasteiger partial charge in [-0.15, -0.1) is 11.6 Å². The Labute approximate surface area is 143 Å². The average Bonchev–Trinajstić information content (AvgIpc) is 2.44. The number of piperazine rings is 1. The molecule has 3 nitrogen and oxygen atoms in total. The van der Waals surface area contributed by atoms with Crippen LogP contribution in [-0.4, -0.2) is 60.5 Å². The number of hydrogen-bond donors (Lipinski definition) is 1. The van der Waals surface area contributed by atoms with Crippen molar-refractivity contribution in [3.63, 3.8) is 0 Å². The molecule has 1 aliphatic rings. The van der Waals surface area contributed by atoms with Crippen LogP contribution in [0, 0.1) is 11.8 Å². The van der Waals surface area contributed by atoms with Crippen LogP contribution in [0.5, 0.6) is 0 Å². The summed E-state index contributed by atoms with van der Waals surface area (Å²) in [5.74, 6) is 2.22. The Morgan fingerprint density at radius 2 is 1.55 bits per heavy atom. The SMILES string of the molecule is CC(C)CC(CCN)(CC(C)C)N1CCN(CCCCl)CC1. The molecule has 22 heavy (non-hydrogen) atoms. The highest BCUT2D eigenvalue weighted by Gasteiger charge is 2.38. The summed E-state index contributed by atoms with van der Waals surface area (Å²) in [5, 5.41) is 0. The molecule has 0 aliphatic carbocycles. The first-order valence-corrected chi connectivity index (χ1v) is 9.70. The van der Waals surface area contributed by atoms with Crippen LogP contribution < -0.4 is 5.73 Å². The number of hydrogen-bond acceptors (Lipinski definition) is 3. The van der Waals surface area contributed by atoms with E-state index in [1.165, 1.54) is 39.0 Å². The van der Waals surface area contributed by atoms with Crippen molar-refractivity contribution in [1.82, 2.24) is 9.80 Å². The van der Waals surface area contributed by atoms with E-state index in [4.69, 9.17) is 17.3 Å². The van der Waals surface area contributed by atoms with Crippen molar-refractivity contribution in [2.45, 2.75) is 58.9 Å². The second kappa shape index (κ2) is 10.1. The van der Waals surface area contributed by atoms with Crippen LogP contribution in [0.4, 0.5) is 0 Å². The zero-order valence-corrected chi connectivity index (χ0v) is 16.0. The maximum absolute atomic E-state index is 6.01. The molecule has 2 N–H and O–H groups in total. The fraction of sp³-hybridized carbons (Fsp3) is 1.00. The molecule has 4 heteroatoms. The van der Waals surface area contributed by atoms with Gasteiger partial charge >= 0.3 is 0 Å². The summed E-state index contributed by atoms with van der Waals surface area (Å²) in [7, 11) is 0. The summed E-state index contributed by atoms with van der Waals surface area (Å²) in [6.07, 6.45) is 4.77. The van der Waals surface area contributed by atoms with Crippen molar-refractivity contribution < 1.29 is 0 Å². The first-order valence-electron chi connectivity index (χ1n) is 9.17. The Balaban J connectivity index is 2.74. The molecule has 1 aliphatic heterocycles. The van der Waals surface area contributed by atoms with E-state index in [1.807, 2.05) is 0 Å². The standard InChI is InChI=1S/C18H38ClN3/c1-16(2)14-18(6-8-20,15-17(3)4)22-12-10-21(11-13-22)9-5-7-19/h16-17H,5-15,20H2,1-4H3. The van der Waals surface area contributed by atoms with Crippen LogP contribution in [0.2, 0.25) is 0 Å². The molecule has 1 fully saturated rings. The van der Waals surface area contributed by atoms with Crippen molar-refractivity contribution in [3.05, 3.63) is 0 Å². The molecular formula is C18H38ClN3. The number of rotatable bonds is 10. The smallest absolute Gasteiger partial charge is 0.0235 e. The van der Waals surface area contributed by atoms with Gasteiger partial charge in [-0.2, -0.15) is 0 Å². The van der Waals surface area contributed by atoms with E-state index in [-0.39, 0.29) is 0 Å². The van der Waals surface area contributed by atoms with Crippen molar-refractivity contribution in [2.75, 3.05) is 45.1 Å². The maximum atomic E-state index is 6.01. The molecule has 0 aromatic heterocycles. The zero-order valence-electron chi connectivity index (χ0n) is 15.3. The van der Waals surface area contributed by atoms with Crippen LogP contribution in [0.15, 0.2) is 0 Å². The predicted molar refractivity (Wildman–Crippen MR) is 98.7 cm³/mol. The van der Waals surface area contributed by atoms with Gasteiger partial charge in [-0.1, -0.05) is 27.7 Å². The minimum absolute atomic E-state index is 0.301. The highest BCUT2D eigenvalue weighted by Crippen LogP contribution is 2.35. The topological polar surface area (TPSA) is 32.5 Å². The van der Waals surface area contributed by atoms with Crippen LogP contribution >= 0.6 is 11.6 Å². The van der Waals surface area contributed by atoms with Gasteiger partial charge in [-0.25, -0.2) is 0 Å². The Morgan fingerprint density at radius 1 is 1.00 bits per heavy atom. The summed E-state index contributed by atoms with van der Waals surface area (Å²) >= 11 is 5.83. The van der Waals surface area contributed by atoms with Gasteiger partial charge in [0.25, 0.3) is 0 Å². The lowest BCUT2D eigenvalue weighted by Gasteiger charge is -2.50. The Morgan fingerprint density at radius 3 is 1.95 bits per heavy atom. The van der Waals surface area contributed by atoms with E-state index in [0.29, 0.717) is 5.54 Å². The summed E-state index contributed by atoms with van der Waals surface area (Å²) in [4.78, 5) is 5.33. The molecule has 0 aromatic carbocycles. The van der Waals surface area contributed by atoms with Gasteiger partial charge in [0.2, 0.25) is 0 Å². The zero-order chi connectivity index (χ0) is 16.6. The Hall–Kier alpha value is 0.170. The Bertz CT molecular complexity index is 276. The third-order valence-corrected chi connectivity index (χ3v) is 5.10. The number of nitrogens with two attached hydrogens (primary N) is 1. The first kappa shape index (κ1) is 20.2. The normalized spacial score (nSPS) is 18.5. The van der Waals surface area contributed by atoms with E-state index in [9.17, 15) is 0 Å². The monoisotopic (exact) mass is 331 g/mol. The van der Waals surface area contributed by atoms with Crippen LogP contribution in [-0.2, 0) is 0 Å². The van der Waals surface area contributed by atoms with Gasteiger partial charge in [0.15, 0.2) is 0 Å². The third-order valence-electron chi connectivity index (χ3n) is 4.84. The molecule has 1 saturated heterocycles. The predicted octanol–water partition coefficient (Wildman–Crippen LogP) is 3.41. The van der Waals surface area contributed by atoms with E-state index < -0.39 is 0 Å². The number of alkyl halides is 1. The van der Waals surface area contributed by atoms with E-state index in [1.54, 1.807) is 0 Å². The first-order chi connectivity index (χ1) is 10.4. The lowest BCUT2D eigenvalue weighted by Crippen LogP contribution is -2.58. The molecule has 0 radical (unpaired) electrons. The summed E-state index contributed by atoms with van der Waals surface area (Å²) < 4.78 is 0. The number of nitrogens with zero attached hydrogens (tertiary/aromatic N) is 2. The minimum atomic E-state index is 0.301. The molecule has 0 spiro atoms. The summed E-state index contributed by atoms with van der Waals surface area (Å²) in [6.45, 7) is 16.1.